The molecule has 2 rings (SSSR count). The zero-order chi connectivity index (χ0) is 15.4. The fraction of sp³-hybridized carbons (Fsp3) is 0.267. The van der Waals surface area contributed by atoms with E-state index < -0.39 is 11.2 Å². The van der Waals surface area contributed by atoms with Crippen LogP contribution in [-0.4, -0.2) is 15.7 Å². The number of aryl methyl sites for hydroxylation is 2. The van der Waals surface area contributed by atoms with Crippen LogP contribution in [0, 0.1) is 18.3 Å². The summed E-state index contributed by atoms with van der Waals surface area (Å²) in [5, 5.41) is 8.89. The molecule has 1 heterocycles. The van der Waals surface area contributed by atoms with Crippen molar-refractivity contribution in [3.8, 4) is 11.8 Å². The molecule has 1 aromatic heterocycles. The number of rotatable bonds is 4. The first-order valence-corrected chi connectivity index (χ1v) is 6.43. The molecule has 0 radical (unpaired) electrons. The van der Waals surface area contributed by atoms with Gasteiger partial charge < -0.3 is 9.30 Å². The van der Waals surface area contributed by atoms with Crippen molar-refractivity contribution in [1.29, 1.82) is 5.26 Å². The number of para-hydroxylation sites is 1. The number of hydrogen-bond acceptors (Lipinski definition) is 4. The topological polar surface area (TPSA) is 77.0 Å². The molecule has 0 aliphatic heterocycles. The first kappa shape index (κ1) is 14.6. The molecule has 0 aliphatic carbocycles. The minimum atomic E-state index is -0.589. The second-order valence-corrected chi connectivity index (χ2v) is 4.62. The van der Waals surface area contributed by atoms with Crippen LogP contribution in [0.2, 0.25) is 0 Å². The van der Waals surface area contributed by atoms with Gasteiger partial charge in [0.15, 0.2) is 0 Å². The third kappa shape index (κ3) is 3.03. The molecule has 0 aliphatic rings. The van der Waals surface area contributed by atoms with Gasteiger partial charge in [-0.15, -0.1) is 0 Å². The van der Waals surface area contributed by atoms with Crippen molar-refractivity contribution in [3.63, 3.8) is 0 Å². The fourth-order valence-corrected chi connectivity index (χ4v) is 1.97. The lowest BCUT2D eigenvalue weighted by molar-refractivity contribution is 0.290. The number of nitrogens with zero attached hydrogens (tertiary/aromatic N) is 3. The summed E-state index contributed by atoms with van der Waals surface area (Å²) >= 11 is 0. The number of benzene rings is 1. The minimum Gasteiger partial charge on any atom is -0.491 e. The van der Waals surface area contributed by atoms with E-state index in [0.717, 1.165) is 10.1 Å². The minimum absolute atomic E-state index is 0.0620. The maximum absolute atomic E-state index is 12.0. The van der Waals surface area contributed by atoms with E-state index in [0.29, 0.717) is 5.75 Å². The Balaban J connectivity index is 2.20. The van der Waals surface area contributed by atoms with E-state index >= 15 is 0 Å². The standard InChI is InChI=1S/C15H15N3O3/c1-11-5-3-4-6-13(11)21-8-7-18-14(19)12(9-16)10-17(2)15(18)20/h3-6,10H,7-8H2,1-2H3. The first-order chi connectivity index (χ1) is 10.0. The smallest absolute Gasteiger partial charge is 0.330 e. The van der Waals surface area contributed by atoms with E-state index in [1.807, 2.05) is 31.2 Å². The molecule has 0 saturated carbocycles. The van der Waals surface area contributed by atoms with Gasteiger partial charge >= 0.3 is 5.69 Å². The lowest BCUT2D eigenvalue weighted by atomic mass is 10.2. The van der Waals surface area contributed by atoms with E-state index in [1.54, 1.807) is 6.07 Å². The monoisotopic (exact) mass is 285 g/mol. The number of nitriles is 1. The van der Waals surface area contributed by atoms with Crippen molar-refractivity contribution in [2.45, 2.75) is 13.5 Å². The zero-order valence-electron chi connectivity index (χ0n) is 11.9. The predicted molar refractivity (Wildman–Crippen MR) is 77.3 cm³/mol. The Morgan fingerprint density at radius 1 is 1.29 bits per heavy atom. The van der Waals surface area contributed by atoms with Gasteiger partial charge in [0.05, 0.1) is 6.54 Å². The second-order valence-electron chi connectivity index (χ2n) is 4.62. The van der Waals surface area contributed by atoms with Crippen LogP contribution >= 0.6 is 0 Å². The summed E-state index contributed by atoms with van der Waals surface area (Å²) in [6.07, 6.45) is 1.24. The third-order valence-electron chi connectivity index (χ3n) is 3.12. The molecule has 108 valence electrons. The Labute approximate surface area is 121 Å². The molecule has 0 spiro atoms. The largest absolute Gasteiger partial charge is 0.491 e. The molecule has 0 amide bonds. The summed E-state index contributed by atoms with van der Waals surface area (Å²) in [6.45, 7) is 2.18. The van der Waals surface area contributed by atoms with Crippen LogP contribution in [0.15, 0.2) is 40.1 Å². The van der Waals surface area contributed by atoms with Crippen LogP contribution in [0.25, 0.3) is 0 Å². The van der Waals surface area contributed by atoms with Gasteiger partial charge in [0.2, 0.25) is 0 Å². The number of aromatic nitrogens is 2. The van der Waals surface area contributed by atoms with Gasteiger partial charge in [0.1, 0.15) is 24.0 Å². The molecule has 0 saturated heterocycles. The van der Waals surface area contributed by atoms with E-state index in [2.05, 4.69) is 0 Å². The Hall–Kier alpha value is -2.81. The van der Waals surface area contributed by atoms with E-state index in [4.69, 9.17) is 10.00 Å². The summed E-state index contributed by atoms with van der Waals surface area (Å²) in [5.41, 5.74) is -0.141. The molecule has 0 fully saturated rings. The maximum atomic E-state index is 12.0. The highest BCUT2D eigenvalue weighted by Crippen LogP contribution is 2.15. The molecule has 1 aromatic carbocycles. The summed E-state index contributed by atoms with van der Waals surface area (Å²) in [4.78, 5) is 23.9. The molecular formula is C15H15N3O3. The van der Waals surface area contributed by atoms with Crippen LogP contribution in [0.5, 0.6) is 5.75 Å². The fourth-order valence-electron chi connectivity index (χ4n) is 1.97. The van der Waals surface area contributed by atoms with Gasteiger partial charge in [-0.2, -0.15) is 5.26 Å². The van der Waals surface area contributed by atoms with Gasteiger partial charge in [0, 0.05) is 13.2 Å². The van der Waals surface area contributed by atoms with Crippen LogP contribution in [-0.2, 0) is 13.6 Å². The summed E-state index contributed by atoms with van der Waals surface area (Å²) in [6, 6.07) is 9.27. The Morgan fingerprint density at radius 2 is 2.00 bits per heavy atom. The second kappa shape index (κ2) is 6.09. The molecule has 0 atom stereocenters. The molecule has 2 aromatic rings. The van der Waals surface area contributed by atoms with Gasteiger partial charge in [-0.05, 0) is 18.6 Å². The van der Waals surface area contributed by atoms with Crippen molar-refractivity contribution < 1.29 is 4.74 Å². The van der Waals surface area contributed by atoms with Gasteiger partial charge in [0.25, 0.3) is 5.56 Å². The quantitative estimate of drug-likeness (QED) is 0.832. The molecule has 6 heteroatoms. The van der Waals surface area contributed by atoms with Crippen LogP contribution < -0.4 is 16.0 Å². The Kier molecular flexibility index (Phi) is 4.24. The summed E-state index contributed by atoms with van der Waals surface area (Å²) < 4.78 is 7.80. The van der Waals surface area contributed by atoms with Crippen molar-refractivity contribution in [3.05, 3.63) is 62.4 Å². The highest BCUT2D eigenvalue weighted by molar-refractivity contribution is 5.31. The van der Waals surface area contributed by atoms with Gasteiger partial charge in [-0.1, -0.05) is 18.2 Å². The molecule has 6 nitrogen and oxygen atoms in total. The summed E-state index contributed by atoms with van der Waals surface area (Å²) in [7, 11) is 1.50. The van der Waals surface area contributed by atoms with Crippen molar-refractivity contribution in [2.75, 3.05) is 6.61 Å². The molecule has 0 unspecified atom stereocenters. The van der Waals surface area contributed by atoms with Crippen molar-refractivity contribution in [1.82, 2.24) is 9.13 Å². The van der Waals surface area contributed by atoms with Crippen LogP contribution in [0.1, 0.15) is 11.1 Å². The van der Waals surface area contributed by atoms with Gasteiger partial charge in [-0.3, -0.25) is 9.36 Å². The highest BCUT2D eigenvalue weighted by Gasteiger charge is 2.09. The Morgan fingerprint density at radius 3 is 2.67 bits per heavy atom. The van der Waals surface area contributed by atoms with Gasteiger partial charge in [-0.25, -0.2) is 4.79 Å². The third-order valence-corrected chi connectivity index (χ3v) is 3.12. The van der Waals surface area contributed by atoms with E-state index in [-0.39, 0.29) is 18.7 Å². The lowest BCUT2D eigenvalue weighted by Gasteiger charge is -2.10. The number of ether oxygens (including phenoxy) is 1. The average molecular weight is 285 g/mol. The van der Waals surface area contributed by atoms with Crippen molar-refractivity contribution in [2.24, 2.45) is 7.05 Å². The molecule has 0 bridgehead atoms. The van der Waals surface area contributed by atoms with Crippen LogP contribution in [0.4, 0.5) is 0 Å². The first-order valence-electron chi connectivity index (χ1n) is 6.43. The molecular weight excluding hydrogens is 270 g/mol. The maximum Gasteiger partial charge on any atom is 0.330 e. The Bertz CT molecular complexity index is 812. The van der Waals surface area contributed by atoms with Crippen LogP contribution in [0.3, 0.4) is 0 Å². The van der Waals surface area contributed by atoms with Crippen molar-refractivity contribution >= 4 is 0 Å². The highest BCUT2D eigenvalue weighted by atomic mass is 16.5. The zero-order valence-corrected chi connectivity index (χ0v) is 11.9. The average Bonchev–Trinajstić information content (AvgIpc) is 2.48. The predicted octanol–water partition coefficient (Wildman–Crippen LogP) is 0.806. The SMILES string of the molecule is Cc1ccccc1OCCn1c(=O)c(C#N)cn(C)c1=O. The number of hydrogen-bond donors (Lipinski definition) is 0. The summed E-state index contributed by atoms with van der Waals surface area (Å²) in [5.74, 6) is 0.707. The van der Waals surface area contributed by atoms with E-state index in [1.165, 1.54) is 17.8 Å². The normalized spacial score (nSPS) is 10.1. The molecule has 0 N–H and O–H groups in total. The van der Waals surface area contributed by atoms with E-state index in [9.17, 15) is 9.59 Å². The molecule has 21 heavy (non-hydrogen) atoms. The lowest BCUT2D eigenvalue weighted by Crippen LogP contribution is -2.41.